The number of pyridine rings is 1. The minimum Gasteiger partial charge on any atom is -0.334 e. The fourth-order valence-electron chi connectivity index (χ4n) is 2.33. The van der Waals surface area contributed by atoms with Crippen molar-refractivity contribution in [2.75, 3.05) is 0 Å². The van der Waals surface area contributed by atoms with Crippen LogP contribution in [-0.4, -0.2) is 29.9 Å². The van der Waals surface area contributed by atoms with E-state index < -0.39 is 5.54 Å². The smallest absolute Gasteiger partial charge is 0.258 e. The first-order valence-electron chi connectivity index (χ1n) is 6.69. The third-order valence-electron chi connectivity index (χ3n) is 3.76. The molecule has 0 aromatic carbocycles. The van der Waals surface area contributed by atoms with Gasteiger partial charge in [0.15, 0.2) is 11.6 Å². The molecule has 3 aromatic rings. The van der Waals surface area contributed by atoms with Gasteiger partial charge in [0.1, 0.15) is 12.7 Å². The molecule has 0 aliphatic heterocycles. The summed E-state index contributed by atoms with van der Waals surface area (Å²) in [5.41, 5.74) is 6.55. The summed E-state index contributed by atoms with van der Waals surface area (Å²) in [5.74, 6) is 1.64. The van der Waals surface area contributed by atoms with E-state index in [4.69, 9.17) is 10.3 Å². The van der Waals surface area contributed by atoms with Gasteiger partial charge in [-0.15, -0.1) is 0 Å². The van der Waals surface area contributed by atoms with E-state index >= 15 is 0 Å². The van der Waals surface area contributed by atoms with Gasteiger partial charge in [-0.25, -0.2) is 14.6 Å². The molecule has 1 saturated carbocycles. The van der Waals surface area contributed by atoms with Crippen molar-refractivity contribution in [3.63, 3.8) is 0 Å². The minimum absolute atomic E-state index is 0.427. The zero-order chi connectivity index (χ0) is 14.3. The number of aromatic nitrogens is 6. The van der Waals surface area contributed by atoms with Crippen LogP contribution in [-0.2, 0) is 5.54 Å². The Bertz CT molecular complexity index is 760. The van der Waals surface area contributed by atoms with Crippen LogP contribution in [0.25, 0.3) is 17.3 Å². The molecule has 1 aliphatic rings. The molecule has 0 bridgehead atoms. The molecule has 4 rings (SSSR count). The van der Waals surface area contributed by atoms with E-state index in [9.17, 15) is 0 Å². The molecular weight excluding hydrogens is 270 g/mol. The van der Waals surface area contributed by atoms with Crippen molar-refractivity contribution in [2.45, 2.75) is 24.8 Å². The lowest BCUT2D eigenvalue weighted by molar-refractivity contribution is 0.229. The van der Waals surface area contributed by atoms with Gasteiger partial charge in [0.05, 0.1) is 5.54 Å². The van der Waals surface area contributed by atoms with Crippen molar-refractivity contribution in [3.05, 3.63) is 36.8 Å². The number of hydrogen-bond acceptors (Lipinski definition) is 7. The molecule has 1 fully saturated rings. The number of rotatable bonds is 3. The summed E-state index contributed by atoms with van der Waals surface area (Å²) < 4.78 is 6.90. The molecule has 0 amide bonds. The summed E-state index contributed by atoms with van der Waals surface area (Å²) >= 11 is 0. The van der Waals surface area contributed by atoms with Crippen LogP contribution in [0.2, 0.25) is 0 Å². The highest BCUT2D eigenvalue weighted by molar-refractivity contribution is 5.55. The fourth-order valence-corrected chi connectivity index (χ4v) is 2.33. The van der Waals surface area contributed by atoms with E-state index in [0.29, 0.717) is 17.5 Å². The quantitative estimate of drug-likeness (QED) is 0.765. The molecule has 8 nitrogen and oxygen atoms in total. The summed E-state index contributed by atoms with van der Waals surface area (Å²) in [5, 5.41) is 8.06. The first-order chi connectivity index (χ1) is 10.2. The van der Waals surface area contributed by atoms with E-state index in [2.05, 4.69) is 25.2 Å². The monoisotopic (exact) mass is 283 g/mol. The Labute approximate surface area is 120 Å². The highest BCUT2D eigenvalue weighted by atomic mass is 16.5. The van der Waals surface area contributed by atoms with Gasteiger partial charge in [-0.2, -0.15) is 10.1 Å². The molecule has 21 heavy (non-hydrogen) atoms. The van der Waals surface area contributed by atoms with Crippen molar-refractivity contribution < 1.29 is 4.52 Å². The van der Waals surface area contributed by atoms with E-state index in [0.717, 1.165) is 24.8 Å². The molecule has 0 unspecified atom stereocenters. The average molecular weight is 283 g/mol. The number of nitrogens with two attached hydrogens (primary N) is 1. The van der Waals surface area contributed by atoms with Crippen molar-refractivity contribution in [1.29, 1.82) is 0 Å². The van der Waals surface area contributed by atoms with E-state index in [1.807, 2.05) is 12.1 Å². The molecule has 0 radical (unpaired) electrons. The van der Waals surface area contributed by atoms with Crippen molar-refractivity contribution in [2.24, 2.45) is 5.73 Å². The Morgan fingerprint density at radius 2 is 2.24 bits per heavy atom. The predicted molar refractivity (Wildman–Crippen MR) is 72.2 cm³/mol. The lowest BCUT2D eigenvalue weighted by Gasteiger charge is -2.34. The molecule has 1 aliphatic carbocycles. The SMILES string of the molecule is NC1(c2noc(-c3ccnc(-n4cncn4)c3)n2)CCC1. The Morgan fingerprint density at radius 1 is 1.33 bits per heavy atom. The van der Waals surface area contributed by atoms with Crippen LogP contribution in [0.4, 0.5) is 0 Å². The lowest BCUT2D eigenvalue weighted by Crippen LogP contribution is -2.44. The van der Waals surface area contributed by atoms with Crippen LogP contribution < -0.4 is 5.73 Å². The van der Waals surface area contributed by atoms with Gasteiger partial charge >= 0.3 is 0 Å². The topological polar surface area (TPSA) is 109 Å². The summed E-state index contributed by atoms with van der Waals surface area (Å²) in [4.78, 5) is 12.6. The van der Waals surface area contributed by atoms with Gasteiger partial charge in [-0.3, -0.25) is 0 Å². The summed E-state index contributed by atoms with van der Waals surface area (Å²) in [6, 6.07) is 3.62. The molecule has 106 valence electrons. The molecule has 0 saturated heterocycles. The summed E-state index contributed by atoms with van der Waals surface area (Å²) in [6.45, 7) is 0. The summed E-state index contributed by atoms with van der Waals surface area (Å²) in [6.07, 6.45) is 7.59. The second kappa shape index (κ2) is 4.45. The summed E-state index contributed by atoms with van der Waals surface area (Å²) in [7, 11) is 0. The Kier molecular flexibility index (Phi) is 2.58. The van der Waals surface area contributed by atoms with Crippen LogP contribution in [0.1, 0.15) is 25.1 Å². The molecule has 8 heteroatoms. The first-order valence-corrected chi connectivity index (χ1v) is 6.69. The normalized spacial score (nSPS) is 16.6. The Hall–Kier alpha value is -2.61. The van der Waals surface area contributed by atoms with Crippen LogP contribution in [0, 0.1) is 0 Å². The standard InChI is InChI=1S/C13H13N7O/c14-13(3-1-4-13)12-18-11(21-19-12)9-2-5-16-10(6-9)20-8-15-7-17-20/h2,5-8H,1,3-4,14H2. The van der Waals surface area contributed by atoms with Crippen LogP contribution in [0.3, 0.4) is 0 Å². The molecular formula is C13H13N7O. The fraction of sp³-hybridized carbons (Fsp3) is 0.308. The van der Waals surface area contributed by atoms with Crippen molar-refractivity contribution >= 4 is 0 Å². The van der Waals surface area contributed by atoms with E-state index in [1.165, 1.54) is 6.33 Å². The maximum absolute atomic E-state index is 6.20. The van der Waals surface area contributed by atoms with Crippen molar-refractivity contribution in [3.8, 4) is 17.3 Å². The van der Waals surface area contributed by atoms with E-state index in [-0.39, 0.29) is 0 Å². The minimum atomic E-state index is -0.427. The van der Waals surface area contributed by atoms with Gasteiger partial charge in [0.2, 0.25) is 0 Å². The Balaban J connectivity index is 1.69. The van der Waals surface area contributed by atoms with Gasteiger partial charge in [0.25, 0.3) is 5.89 Å². The zero-order valence-electron chi connectivity index (χ0n) is 11.2. The lowest BCUT2D eigenvalue weighted by atomic mass is 9.77. The maximum atomic E-state index is 6.20. The average Bonchev–Trinajstić information content (AvgIpc) is 3.16. The second-order valence-corrected chi connectivity index (χ2v) is 5.18. The van der Waals surface area contributed by atoms with Crippen molar-refractivity contribution in [1.82, 2.24) is 29.9 Å². The molecule has 0 spiro atoms. The van der Waals surface area contributed by atoms with Gasteiger partial charge < -0.3 is 10.3 Å². The zero-order valence-corrected chi connectivity index (χ0v) is 11.2. The molecule has 0 atom stereocenters. The van der Waals surface area contributed by atoms with Gasteiger partial charge in [-0.1, -0.05) is 5.16 Å². The number of hydrogen-bond donors (Lipinski definition) is 1. The molecule has 3 heterocycles. The Morgan fingerprint density at radius 3 is 2.95 bits per heavy atom. The first kappa shape index (κ1) is 12.2. The second-order valence-electron chi connectivity index (χ2n) is 5.18. The highest BCUT2D eigenvalue weighted by Crippen LogP contribution is 2.37. The van der Waals surface area contributed by atoms with Crippen LogP contribution in [0.15, 0.2) is 35.5 Å². The maximum Gasteiger partial charge on any atom is 0.258 e. The largest absolute Gasteiger partial charge is 0.334 e. The van der Waals surface area contributed by atoms with Crippen LogP contribution in [0.5, 0.6) is 0 Å². The molecule has 2 N–H and O–H groups in total. The third kappa shape index (κ3) is 2.00. The van der Waals surface area contributed by atoms with Gasteiger partial charge in [-0.05, 0) is 31.4 Å². The number of nitrogens with zero attached hydrogens (tertiary/aromatic N) is 6. The highest BCUT2D eigenvalue weighted by Gasteiger charge is 2.39. The predicted octanol–water partition coefficient (Wildman–Crippen LogP) is 1.05. The van der Waals surface area contributed by atoms with E-state index in [1.54, 1.807) is 17.2 Å². The molecule has 3 aromatic heterocycles. The van der Waals surface area contributed by atoms with Gasteiger partial charge in [0, 0.05) is 11.8 Å². The van der Waals surface area contributed by atoms with Crippen LogP contribution >= 0.6 is 0 Å². The third-order valence-corrected chi connectivity index (χ3v) is 3.76.